The van der Waals surface area contributed by atoms with Crippen LogP contribution < -0.4 is 15.4 Å². The quantitative estimate of drug-likeness (QED) is 0.701. The molecule has 0 spiro atoms. The van der Waals surface area contributed by atoms with Crippen molar-refractivity contribution >= 4 is 17.6 Å². The number of ether oxygens (including phenoxy) is 2. The normalized spacial score (nSPS) is 11.6. The second-order valence-electron chi connectivity index (χ2n) is 4.15. The molecule has 112 valence electrons. The minimum Gasteiger partial charge on any atom is -0.490 e. The molecule has 1 aromatic heterocycles. The van der Waals surface area contributed by atoms with E-state index in [-0.39, 0.29) is 5.97 Å². The van der Waals surface area contributed by atoms with Crippen LogP contribution in [-0.4, -0.2) is 42.2 Å². The summed E-state index contributed by atoms with van der Waals surface area (Å²) in [5, 5.41) is 6.12. The van der Waals surface area contributed by atoms with Crippen LogP contribution in [0.15, 0.2) is 6.33 Å². The Hall–Kier alpha value is -2.05. The second kappa shape index (κ2) is 8.19. The molecule has 0 fully saturated rings. The van der Waals surface area contributed by atoms with Crippen molar-refractivity contribution in [3.63, 3.8) is 0 Å². The summed E-state index contributed by atoms with van der Waals surface area (Å²) in [6.45, 7) is 6.65. The van der Waals surface area contributed by atoms with Gasteiger partial charge in [-0.05, 0) is 20.3 Å². The monoisotopic (exact) mass is 282 g/mol. The first kappa shape index (κ1) is 16.0. The van der Waals surface area contributed by atoms with E-state index in [1.165, 1.54) is 13.4 Å². The van der Waals surface area contributed by atoms with Crippen LogP contribution in [0.5, 0.6) is 5.75 Å². The molecule has 0 bridgehead atoms. The van der Waals surface area contributed by atoms with Gasteiger partial charge in [0.2, 0.25) is 5.75 Å². The van der Waals surface area contributed by atoms with Crippen LogP contribution in [-0.2, 0) is 9.53 Å². The van der Waals surface area contributed by atoms with Gasteiger partial charge in [0.05, 0.1) is 13.7 Å². The molecule has 1 heterocycles. The molecule has 0 amide bonds. The van der Waals surface area contributed by atoms with Crippen LogP contribution in [0.2, 0.25) is 0 Å². The smallest absolute Gasteiger partial charge is 0.328 e. The molecular weight excluding hydrogens is 260 g/mol. The highest BCUT2D eigenvalue weighted by atomic mass is 16.5. The summed E-state index contributed by atoms with van der Waals surface area (Å²) in [5.74, 6) is 1.21. The van der Waals surface area contributed by atoms with Gasteiger partial charge >= 0.3 is 5.97 Å². The summed E-state index contributed by atoms with van der Waals surface area (Å²) in [7, 11) is 1.54. The lowest BCUT2D eigenvalue weighted by molar-refractivity contribution is -0.143. The Kier molecular flexibility index (Phi) is 6.55. The van der Waals surface area contributed by atoms with Crippen molar-refractivity contribution in [2.45, 2.75) is 33.2 Å². The Bertz CT molecular complexity index is 440. The maximum atomic E-state index is 11.6. The number of carbonyl (C=O) groups excluding carboxylic acids is 1. The van der Waals surface area contributed by atoms with E-state index >= 15 is 0 Å². The second-order valence-corrected chi connectivity index (χ2v) is 4.15. The SMILES string of the molecule is CCCNc1ncnc(NC(C)C(=O)OCC)c1OC. The summed E-state index contributed by atoms with van der Waals surface area (Å²) in [5.41, 5.74) is 0. The highest BCUT2D eigenvalue weighted by Crippen LogP contribution is 2.29. The number of anilines is 2. The maximum Gasteiger partial charge on any atom is 0.328 e. The number of hydrogen-bond donors (Lipinski definition) is 2. The highest BCUT2D eigenvalue weighted by Gasteiger charge is 2.18. The summed E-state index contributed by atoms with van der Waals surface area (Å²) in [4.78, 5) is 19.9. The molecule has 1 aromatic rings. The third-order valence-electron chi connectivity index (χ3n) is 2.54. The molecule has 0 aliphatic heterocycles. The van der Waals surface area contributed by atoms with E-state index in [1.807, 2.05) is 0 Å². The fourth-order valence-corrected chi connectivity index (χ4v) is 1.57. The Morgan fingerprint density at radius 2 is 2.05 bits per heavy atom. The Balaban J connectivity index is 2.86. The fourth-order valence-electron chi connectivity index (χ4n) is 1.57. The van der Waals surface area contributed by atoms with Gasteiger partial charge in [-0.2, -0.15) is 0 Å². The van der Waals surface area contributed by atoms with Crippen molar-refractivity contribution < 1.29 is 14.3 Å². The number of esters is 1. The first-order valence-corrected chi connectivity index (χ1v) is 6.70. The molecule has 0 radical (unpaired) electrons. The number of hydrogen-bond acceptors (Lipinski definition) is 7. The van der Waals surface area contributed by atoms with Crippen molar-refractivity contribution in [3.05, 3.63) is 6.33 Å². The first-order valence-electron chi connectivity index (χ1n) is 6.70. The summed E-state index contributed by atoms with van der Waals surface area (Å²) < 4.78 is 10.3. The van der Waals surface area contributed by atoms with Gasteiger partial charge in [0.25, 0.3) is 0 Å². The van der Waals surface area contributed by atoms with Crippen LogP contribution in [0, 0.1) is 0 Å². The molecule has 7 nitrogen and oxygen atoms in total. The number of nitrogens with one attached hydrogen (secondary N) is 2. The molecule has 0 aliphatic carbocycles. The average molecular weight is 282 g/mol. The minimum atomic E-state index is -0.516. The van der Waals surface area contributed by atoms with E-state index in [4.69, 9.17) is 9.47 Å². The number of carbonyl (C=O) groups is 1. The summed E-state index contributed by atoms with van der Waals surface area (Å²) >= 11 is 0. The molecule has 1 rings (SSSR count). The summed E-state index contributed by atoms with van der Waals surface area (Å²) in [6.07, 6.45) is 2.38. The Morgan fingerprint density at radius 1 is 1.35 bits per heavy atom. The number of nitrogens with zero attached hydrogens (tertiary/aromatic N) is 2. The van der Waals surface area contributed by atoms with Gasteiger partial charge in [0.15, 0.2) is 11.6 Å². The van der Waals surface area contributed by atoms with Gasteiger partial charge in [-0.25, -0.2) is 14.8 Å². The molecule has 1 atom stereocenters. The molecule has 0 saturated heterocycles. The van der Waals surface area contributed by atoms with Gasteiger partial charge in [0, 0.05) is 6.54 Å². The summed E-state index contributed by atoms with van der Waals surface area (Å²) in [6, 6.07) is -0.516. The fraction of sp³-hybridized carbons (Fsp3) is 0.615. The Morgan fingerprint density at radius 3 is 2.65 bits per heavy atom. The number of aromatic nitrogens is 2. The maximum absolute atomic E-state index is 11.6. The van der Waals surface area contributed by atoms with Gasteiger partial charge in [0.1, 0.15) is 12.4 Å². The molecule has 20 heavy (non-hydrogen) atoms. The van der Waals surface area contributed by atoms with Crippen LogP contribution in [0.4, 0.5) is 11.6 Å². The van der Waals surface area contributed by atoms with Gasteiger partial charge in [-0.1, -0.05) is 6.92 Å². The van der Waals surface area contributed by atoms with E-state index in [1.54, 1.807) is 13.8 Å². The van der Waals surface area contributed by atoms with Crippen molar-refractivity contribution in [3.8, 4) is 5.75 Å². The largest absolute Gasteiger partial charge is 0.490 e. The number of rotatable bonds is 8. The molecule has 1 unspecified atom stereocenters. The van der Waals surface area contributed by atoms with E-state index in [0.717, 1.165) is 13.0 Å². The van der Waals surface area contributed by atoms with Crippen LogP contribution in [0.1, 0.15) is 27.2 Å². The van der Waals surface area contributed by atoms with Crippen LogP contribution in [0.25, 0.3) is 0 Å². The van der Waals surface area contributed by atoms with Crippen LogP contribution >= 0.6 is 0 Å². The highest BCUT2D eigenvalue weighted by molar-refractivity contribution is 5.79. The molecular formula is C13H22N4O3. The molecule has 0 aromatic carbocycles. The van der Waals surface area contributed by atoms with Gasteiger partial charge in [-0.3, -0.25) is 0 Å². The van der Waals surface area contributed by atoms with E-state index in [2.05, 4.69) is 27.5 Å². The molecule has 0 aliphatic rings. The van der Waals surface area contributed by atoms with Crippen molar-refractivity contribution in [1.82, 2.24) is 9.97 Å². The standard InChI is InChI=1S/C13H22N4O3/c1-5-7-14-11-10(19-4)12(16-8-15-11)17-9(3)13(18)20-6-2/h8-9H,5-7H2,1-4H3,(H2,14,15,16,17). The lowest BCUT2D eigenvalue weighted by Crippen LogP contribution is -2.29. The lowest BCUT2D eigenvalue weighted by Gasteiger charge is -2.17. The van der Waals surface area contributed by atoms with Gasteiger partial charge < -0.3 is 20.1 Å². The average Bonchev–Trinajstić information content (AvgIpc) is 2.45. The van der Waals surface area contributed by atoms with Crippen LogP contribution in [0.3, 0.4) is 0 Å². The third kappa shape index (κ3) is 4.25. The zero-order valence-electron chi connectivity index (χ0n) is 12.4. The minimum absolute atomic E-state index is 0.337. The molecule has 7 heteroatoms. The Labute approximate surface area is 119 Å². The first-order chi connectivity index (χ1) is 9.63. The van der Waals surface area contributed by atoms with E-state index in [9.17, 15) is 4.79 Å². The van der Waals surface area contributed by atoms with Gasteiger partial charge in [-0.15, -0.1) is 0 Å². The molecule has 2 N–H and O–H groups in total. The van der Waals surface area contributed by atoms with E-state index in [0.29, 0.717) is 24.0 Å². The lowest BCUT2D eigenvalue weighted by atomic mass is 10.3. The van der Waals surface area contributed by atoms with Crippen molar-refractivity contribution in [1.29, 1.82) is 0 Å². The topological polar surface area (TPSA) is 85.4 Å². The third-order valence-corrected chi connectivity index (χ3v) is 2.54. The van der Waals surface area contributed by atoms with E-state index < -0.39 is 6.04 Å². The zero-order valence-corrected chi connectivity index (χ0v) is 12.4. The van der Waals surface area contributed by atoms with Crippen molar-refractivity contribution in [2.24, 2.45) is 0 Å². The predicted molar refractivity (Wildman–Crippen MR) is 77.1 cm³/mol. The zero-order chi connectivity index (χ0) is 15.0. The van der Waals surface area contributed by atoms with Crippen molar-refractivity contribution in [2.75, 3.05) is 30.9 Å². The molecule has 0 saturated carbocycles. The number of methoxy groups -OCH3 is 1. The predicted octanol–water partition coefficient (Wildman–Crippen LogP) is 1.67.